The Balaban J connectivity index is 2.93. The highest BCUT2D eigenvalue weighted by molar-refractivity contribution is 5.73. The van der Waals surface area contributed by atoms with E-state index in [-0.39, 0.29) is 11.9 Å². The molecule has 0 fully saturated rings. The lowest BCUT2D eigenvalue weighted by Gasteiger charge is -2.15. The normalized spacial score (nSPS) is 11.9. The number of hydrogen-bond donors (Lipinski definition) is 1. The van der Waals surface area contributed by atoms with Crippen molar-refractivity contribution < 1.29 is 4.79 Å². The minimum Gasteiger partial charge on any atom is -0.350 e. The van der Waals surface area contributed by atoms with E-state index < -0.39 is 0 Å². The molecule has 0 radical (unpaired) electrons. The van der Waals surface area contributed by atoms with Crippen LogP contribution >= 0.6 is 0 Å². The van der Waals surface area contributed by atoms with Crippen LogP contribution in [0.3, 0.4) is 0 Å². The highest BCUT2D eigenvalue weighted by Crippen LogP contribution is 2.18. The van der Waals surface area contributed by atoms with Crippen molar-refractivity contribution in [2.24, 2.45) is 0 Å². The Kier molecular flexibility index (Phi) is 3.46. The number of carbonyl (C=O) groups is 1. The van der Waals surface area contributed by atoms with Crippen LogP contribution in [0, 0.1) is 0 Å². The fraction of sp³-hybridized carbons (Fsp3) is 0.250. The highest BCUT2D eigenvalue weighted by atomic mass is 16.1. The van der Waals surface area contributed by atoms with Gasteiger partial charge >= 0.3 is 0 Å². The lowest BCUT2D eigenvalue weighted by Crippen LogP contribution is -2.24. The Morgan fingerprint density at radius 1 is 1.50 bits per heavy atom. The van der Waals surface area contributed by atoms with Crippen molar-refractivity contribution in [3.8, 4) is 0 Å². The van der Waals surface area contributed by atoms with E-state index in [1.54, 1.807) is 6.08 Å². The zero-order chi connectivity index (χ0) is 10.6. The summed E-state index contributed by atoms with van der Waals surface area (Å²) in [5, 5.41) is 2.85. The van der Waals surface area contributed by atoms with Crippen LogP contribution in [0.25, 0.3) is 6.08 Å². The molecule has 1 aromatic rings. The zero-order valence-corrected chi connectivity index (χ0v) is 8.58. The second kappa shape index (κ2) is 4.61. The van der Waals surface area contributed by atoms with Gasteiger partial charge in [0.25, 0.3) is 0 Å². The molecule has 0 aliphatic heterocycles. The number of hydrogen-bond acceptors (Lipinski definition) is 1. The minimum absolute atomic E-state index is 0.0173. The lowest BCUT2D eigenvalue weighted by atomic mass is 10.0. The summed E-state index contributed by atoms with van der Waals surface area (Å²) < 4.78 is 0. The predicted molar refractivity (Wildman–Crippen MR) is 58.8 cm³/mol. The van der Waals surface area contributed by atoms with Gasteiger partial charge in [-0.1, -0.05) is 36.9 Å². The van der Waals surface area contributed by atoms with Crippen molar-refractivity contribution in [3.05, 3.63) is 42.0 Å². The van der Waals surface area contributed by atoms with Gasteiger partial charge in [-0.25, -0.2) is 0 Å². The molecular weight excluding hydrogens is 174 g/mol. The van der Waals surface area contributed by atoms with Crippen molar-refractivity contribution in [2.45, 2.75) is 19.9 Å². The first-order valence-electron chi connectivity index (χ1n) is 4.63. The summed E-state index contributed by atoms with van der Waals surface area (Å²) in [6, 6.07) is 7.93. The summed E-state index contributed by atoms with van der Waals surface area (Å²) >= 11 is 0. The summed E-state index contributed by atoms with van der Waals surface area (Å²) in [7, 11) is 0. The molecule has 2 nitrogen and oxygen atoms in total. The molecule has 1 aromatic carbocycles. The van der Waals surface area contributed by atoms with E-state index >= 15 is 0 Å². The van der Waals surface area contributed by atoms with Gasteiger partial charge in [-0.3, -0.25) is 4.79 Å². The summed E-state index contributed by atoms with van der Waals surface area (Å²) in [5.74, 6) is -0.0173. The molecule has 0 heterocycles. The minimum atomic E-state index is -0.0173. The zero-order valence-electron chi connectivity index (χ0n) is 8.58. The third kappa shape index (κ3) is 2.46. The predicted octanol–water partition coefficient (Wildman–Crippen LogP) is 2.53. The molecule has 1 amide bonds. The Morgan fingerprint density at radius 2 is 2.14 bits per heavy atom. The third-order valence-corrected chi connectivity index (χ3v) is 2.10. The maximum atomic E-state index is 10.9. The third-order valence-electron chi connectivity index (χ3n) is 2.10. The largest absolute Gasteiger partial charge is 0.350 e. The van der Waals surface area contributed by atoms with Gasteiger partial charge in [0.2, 0.25) is 5.91 Å². The van der Waals surface area contributed by atoms with Gasteiger partial charge in [0.15, 0.2) is 0 Å². The molecule has 0 saturated carbocycles. The van der Waals surface area contributed by atoms with E-state index in [9.17, 15) is 4.79 Å². The van der Waals surface area contributed by atoms with Gasteiger partial charge in [-0.05, 0) is 18.1 Å². The second-order valence-electron chi connectivity index (χ2n) is 3.26. The van der Waals surface area contributed by atoms with Crippen molar-refractivity contribution in [1.29, 1.82) is 0 Å². The van der Waals surface area contributed by atoms with Gasteiger partial charge in [-0.2, -0.15) is 0 Å². The smallest absolute Gasteiger partial charge is 0.217 e. The lowest BCUT2D eigenvalue weighted by molar-refractivity contribution is -0.119. The van der Waals surface area contributed by atoms with Gasteiger partial charge in [0.05, 0.1) is 6.04 Å². The molecule has 0 aliphatic rings. The average molecular weight is 189 g/mol. The SMILES string of the molecule is C=Cc1ccccc1[C@H](C)NC(C)=O. The summed E-state index contributed by atoms with van der Waals surface area (Å²) in [4.78, 5) is 10.9. The molecule has 1 atom stereocenters. The van der Waals surface area contributed by atoms with Gasteiger partial charge in [-0.15, -0.1) is 0 Å². The number of rotatable bonds is 3. The molecular formula is C12H15NO. The van der Waals surface area contributed by atoms with Gasteiger partial charge < -0.3 is 5.32 Å². The van der Waals surface area contributed by atoms with E-state index in [4.69, 9.17) is 0 Å². The first-order valence-corrected chi connectivity index (χ1v) is 4.63. The molecule has 74 valence electrons. The van der Waals surface area contributed by atoms with E-state index in [1.807, 2.05) is 31.2 Å². The maximum absolute atomic E-state index is 10.9. The van der Waals surface area contributed by atoms with Crippen molar-refractivity contribution in [1.82, 2.24) is 5.32 Å². The topological polar surface area (TPSA) is 29.1 Å². The number of carbonyl (C=O) groups excluding carboxylic acids is 1. The second-order valence-corrected chi connectivity index (χ2v) is 3.26. The highest BCUT2D eigenvalue weighted by Gasteiger charge is 2.08. The van der Waals surface area contributed by atoms with Crippen LogP contribution in [0.2, 0.25) is 0 Å². The number of nitrogens with one attached hydrogen (secondary N) is 1. The van der Waals surface area contributed by atoms with Crippen LogP contribution in [-0.4, -0.2) is 5.91 Å². The molecule has 0 spiro atoms. The maximum Gasteiger partial charge on any atom is 0.217 e. The monoisotopic (exact) mass is 189 g/mol. The Hall–Kier alpha value is -1.57. The molecule has 1 rings (SSSR count). The first kappa shape index (κ1) is 10.5. The Morgan fingerprint density at radius 3 is 2.71 bits per heavy atom. The fourth-order valence-corrected chi connectivity index (χ4v) is 1.47. The molecule has 14 heavy (non-hydrogen) atoms. The molecule has 0 aliphatic carbocycles. The van der Waals surface area contributed by atoms with Crippen LogP contribution < -0.4 is 5.32 Å². The van der Waals surface area contributed by atoms with Crippen molar-refractivity contribution >= 4 is 12.0 Å². The standard InChI is InChI=1S/C12H15NO/c1-4-11-7-5-6-8-12(11)9(2)13-10(3)14/h4-9H,1H2,2-3H3,(H,13,14)/t9-/m0/s1. The Labute approximate surface area is 84.6 Å². The molecule has 0 aromatic heterocycles. The van der Waals surface area contributed by atoms with Crippen molar-refractivity contribution in [3.63, 3.8) is 0 Å². The summed E-state index contributed by atoms with van der Waals surface area (Å²) in [6.45, 7) is 7.22. The van der Waals surface area contributed by atoms with Gasteiger partial charge in [0.1, 0.15) is 0 Å². The molecule has 0 bridgehead atoms. The van der Waals surface area contributed by atoms with Crippen LogP contribution in [0.5, 0.6) is 0 Å². The van der Waals surface area contributed by atoms with Crippen LogP contribution in [-0.2, 0) is 4.79 Å². The summed E-state index contributed by atoms with van der Waals surface area (Å²) in [5.41, 5.74) is 2.16. The van der Waals surface area contributed by atoms with Crippen molar-refractivity contribution in [2.75, 3.05) is 0 Å². The van der Waals surface area contributed by atoms with E-state index in [0.29, 0.717) is 0 Å². The summed E-state index contributed by atoms with van der Waals surface area (Å²) in [6.07, 6.45) is 1.80. The van der Waals surface area contributed by atoms with Gasteiger partial charge in [0, 0.05) is 6.92 Å². The first-order chi connectivity index (χ1) is 6.65. The number of amides is 1. The van der Waals surface area contributed by atoms with Crippen LogP contribution in [0.1, 0.15) is 31.0 Å². The Bertz CT molecular complexity index is 344. The molecule has 1 N–H and O–H groups in total. The average Bonchev–Trinajstić information content (AvgIpc) is 2.16. The molecule has 0 saturated heterocycles. The quantitative estimate of drug-likeness (QED) is 0.777. The van der Waals surface area contributed by atoms with Crippen LogP contribution in [0.4, 0.5) is 0 Å². The fourth-order valence-electron chi connectivity index (χ4n) is 1.47. The van der Waals surface area contributed by atoms with Crippen LogP contribution in [0.15, 0.2) is 30.8 Å². The molecule has 2 heteroatoms. The number of benzene rings is 1. The van der Waals surface area contributed by atoms with E-state index in [1.165, 1.54) is 6.92 Å². The van der Waals surface area contributed by atoms with E-state index in [2.05, 4.69) is 11.9 Å². The van der Waals surface area contributed by atoms with E-state index in [0.717, 1.165) is 11.1 Å². The molecule has 0 unspecified atom stereocenters.